The number of rotatable bonds is 33. The van der Waals surface area contributed by atoms with E-state index in [1.807, 2.05) is 4.72 Å². The summed E-state index contributed by atoms with van der Waals surface area (Å²) >= 11 is -3.59. The van der Waals surface area contributed by atoms with Gasteiger partial charge in [-0.05, 0) is 0 Å². The Morgan fingerprint density at radius 1 is 0.583 bits per heavy atom. The highest BCUT2D eigenvalue weighted by molar-refractivity contribution is 7.92. The molecule has 5 heterocycles. The molecule has 5 aliphatic heterocycles. The maximum atomic E-state index is 13.6. The lowest BCUT2D eigenvalue weighted by Crippen LogP contribution is -2.71. The zero-order chi connectivity index (χ0) is 62.6. The molecule has 0 aliphatic carbocycles. The van der Waals surface area contributed by atoms with Crippen LogP contribution in [0, 0.1) is 5.92 Å². The predicted octanol–water partition coefficient (Wildman–Crippen LogP) is -16.3. The molecular formula is C30H44N2O45S7-8. The molecule has 26 atom stereocenters. The van der Waals surface area contributed by atoms with E-state index in [4.69, 9.17) is 46.8 Å². The zero-order valence-electron chi connectivity index (χ0n) is 40.6. The Kier molecular flexibility index (Phi) is 29.3. The van der Waals surface area contributed by atoms with E-state index in [0.717, 1.165) is 0 Å². The minimum Gasteiger partial charge on any atom is -0.829 e. The molecule has 0 aromatic carbocycles. The average Bonchev–Trinajstić information content (AvgIpc) is 3.11. The lowest BCUT2D eigenvalue weighted by Gasteiger charge is -2.52. The molecule has 5 aliphatic rings. The number of ether oxygens (including phenoxy) is 9. The number of carbonyl (C=O) groups excluding carboxylic acids is 1. The molecule has 5 fully saturated rings. The molecule has 0 bridgehead atoms. The van der Waals surface area contributed by atoms with Crippen molar-refractivity contribution in [2.75, 3.05) is 19.0 Å². The topological polar surface area (TPSA) is 701 Å². The fourth-order valence-electron chi connectivity index (χ4n) is 8.23. The summed E-state index contributed by atoms with van der Waals surface area (Å²) in [6, 6.07) is -4.29. The van der Waals surface area contributed by atoms with Crippen molar-refractivity contribution >= 4 is 85.0 Å². The Morgan fingerprint density at radius 2 is 1.15 bits per heavy atom. The van der Waals surface area contributed by atoms with Gasteiger partial charge in [0.25, 0.3) is 0 Å². The quantitative estimate of drug-likeness (QED) is 0.00555. The molecule has 10 N–H and O–H groups in total. The van der Waals surface area contributed by atoms with Crippen LogP contribution in [0.2, 0.25) is 0 Å². The number of aliphatic hydroxyl groups excluding tert-OH is 7. The van der Waals surface area contributed by atoms with Crippen molar-refractivity contribution in [1.29, 1.82) is 0 Å². The molecule has 0 aromatic rings. The van der Waals surface area contributed by atoms with E-state index >= 15 is 0 Å². The van der Waals surface area contributed by atoms with Crippen molar-refractivity contribution in [2.24, 2.45) is 5.92 Å². The molecule has 54 heteroatoms. The Balaban J connectivity index is 1.51. The molecular weight excluding hydrogens is 1330 g/mol. The molecule has 0 radical (unpaired) electrons. The first kappa shape index (κ1) is 73.7. The first-order chi connectivity index (χ1) is 39.3. The minimum absolute atomic E-state index is 0.163. The standard InChI is InChI=1S/C30H51N2O45S7/c1-5-11(33)12(34)8(4-81(47)77-73-46)61-27(5)65-21-14(36)15(37)29(67-26(21)42)63-18-7(3-58-83(51,52)53)60-28(10(32-79-75-71-44)19(18)68-80-76-72-45)64-20-16(38)22(69-84(54,55)56)30(66-23(20)24(39)40)62-17-6(2-57-82(48,49)50)59-25(41)9(13(17)35)31-78-74-70-43/h5-23,25-38,41,43-46H,2-4H2,1H3,(H,39,40)(H,48,49,50)(H,51,52,53)(H,54,55,56)/q-1/p-7/t5?,6?,7-,8?,9?,10?,11-,12+,13-,14-,15?,16-,17+,18-,19?,20-,21-,22?,23?,25?,26?,27+,28-,29-,30-,81?/m1/s1. The van der Waals surface area contributed by atoms with E-state index in [9.17, 15) is 115 Å². The third-order valence-corrected chi connectivity index (χ3v) is 15.4. The van der Waals surface area contributed by atoms with Gasteiger partial charge in [-0.15, -0.1) is 8.67 Å². The second-order valence-electron chi connectivity index (χ2n) is 16.9. The minimum atomic E-state index is -6.22. The second kappa shape index (κ2) is 33.4. The summed E-state index contributed by atoms with van der Waals surface area (Å²) in [6.07, 6.45) is -54.0. The number of aliphatic carboxylic acids is 1. The summed E-state index contributed by atoms with van der Waals surface area (Å²) in [4.78, 5) is 12.9. The molecule has 47 nitrogen and oxygen atoms in total. The fraction of sp³-hybridized carbons (Fsp3) is 0.967. The fourth-order valence-corrected chi connectivity index (χ4v) is 11.2. The Morgan fingerprint density at radius 3 is 1.74 bits per heavy atom. The van der Waals surface area contributed by atoms with Gasteiger partial charge in [-0.3, -0.25) is 37.3 Å². The van der Waals surface area contributed by atoms with E-state index < -0.39 is 233 Å². The van der Waals surface area contributed by atoms with Crippen LogP contribution in [0.15, 0.2) is 0 Å². The summed E-state index contributed by atoms with van der Waals surface area (Å²) in [5.74, 6) is -4.73. The Bertz CT molecular complexity index is 2400. The van der Waals surface area contributed by atoms with Gasteiger partial charge in [0, 0.05) is 12.2 Å². The van der Waals surface area contributed by atoms with Gasteiger partial charge in [-0.1, -0.05) is 6.92 Å². The van der Waals surface area contributed by atoms with Gasteiger partial charge < -0.3 is 124 Å². The predicted molar refractivity (Wildman–Crippen MR) is 226 cm³/mol. The van der Waals surface area contributed by atoms with Gasteiger partial charge in [0.05, 0.1) is 37.1 Å². The van der Waals surface area contributed by atoms with Gasteiger partial charge in [-0.25, -0.2) is 34.7 Å². The molecule has 0 amide bonds. The molecule has 5 saturated heterocycles. The van der Waals surface area contributed by atoms with E-state index in [1.165, 1.54) is 6.92 Å². The van der Waals surface area contributed by atoms with Crippen LogP contribution >= 0.6 is 36.8 Å². The number of carboxylic acids is 1. The van der Waals surface area contributed by atoms with Gasteiger partial charge >= 0.3 is 10.4 Å². The van der Waals surface area contributed by atoms with Crippen LogP contribution in [0.4, 0.5) is 0 Å². The van der Waals surface area contributed by atoms with Crippen LogP contribution < -0.4 is 40.7 Å². The van der Waals surface area contributed by atoms with E-state index in [0.29, 0.717) is 0 Å². The summed E-state index contributed by atoms with van der Waals surface area (Å²) in [5, 5.41) is 159. The first-order valence-corrected chi connectivity index (χ1v) is 29.5. The largest absolute Gasteiger partial charge is 0.829 e. The van der Waals surface area contributed by atoms with Crippen molar-refractivity contribution in [1.82, 2.24) is 9.44 Å². The average molecular weight is 1380 g/mol. The number of aliphatic hydroxyl groups is 7. The van der Waals surface area contributed by atoms with Crippen molar-refractivity contribution in [3.63, 3.8) is 0 Å². The summed E-state index contributed by atoms with van der Waals surface area (Å²) < 4.78 is 204. The molecule has 5 rings (SSSR count). The maximum absolute atomic E-state index is 13.6. The molecule has 0 aromatic heterocycles. The van der Waals surface area contributed by atoms with E-state index in [-0.39, 0.29) is 24.5 Å². The Hall–Kier alpha value is -1.00. The first-order valence-electron chi connectivity index (χ1n) is 22.1. The second-order valence-corrected chi connectivity index (χ2v) is 22.7. The van der Waals surface area contributed by atoms with Crippen molar-refractivity contribution in [2.45, 2.75) is 154 Å². The summed E-state index contributed by atoms with van der Waals surface area (Å²) in [6.45, 7) is -1.95. The van der Waals surface area contributed by atoms with Crippen LogP contribution in [0.1, 0.15) is 6.92 Å². The normalized spacial score (nSPS) is 40.4. The van der Waals surface area contributed by atoms with Crippen molar-refractivity contribution in [3.05, 3.63) is 0 Å². The molecule has 0 spiro atoms. The lowest BCUT2D eigenvalue weighted by atomic mass is 9.92. The summed E-state index contributed by atoms with van der Waals surface area (Å²) in [7, 11) is -17.5. The molecule has 84 heavy (non-hydrogen) atoms. The Labute approximate surface area is 483 Å². The highest BCUT2D eigenvalue weighted by Crippen LogP contribution is 2.39. The monoisotopic (exact) mass is 1380 g/mol. The van der Waals surface area contributed by atoms with Crippen LogP contribution in [-0.2, 0) is 144 Å². The van der Waals surface area contributed by atoms with Crippen LogP contribution in [0.3, 0.4) is 0 Å². The van der Waals surface area contributed by atoms with Crippen molar-refractivity contribution in [3.8, 4) is 0 Å². The summed E-state index contributed by atoms with van der Waals surface area (Å²) in [5.41, 5.74) is 0. The van der Waals surface area contributed by atoms with Gasteiger partial charge in [0.15, 0.2) is 61.0 Å². The number of carbonyl (C=O) groups is 1. The number of hydrogen-bond donors (Lipinski definition) is 10. The third-order valence-electron chi connectivity index (χ3n) is 11.9. The van der Waals surface area contributed by atoms with Crippen LogP contribution in [-0.4, -0.2) is 251 Å². The SMILES string of the molecule is CC1[C@H](O[C@H]2C([O-])O[C@@H](O[C@H]3C(OSOO[O-])C(NSOO[O-])[C@@H](O[C@H]4C(C(=O)[O-])O[C@@H](O[C@H]5C(COS(=O)(=O)[O-])OC(O)C(NSOO[O-])[C@H]5O)C(OS(=O)(=O)[O-])[C@@H]4O)O[C@@H]3COS(=O)(=O)O)C(O)[C@H]2O)OC(CS(=O)OO[O-])[C@H](O)[C@@H]1O. The molecule has 494 valence electrons. The van der Waals surface area contributed by atoms with Crippen LogP contribution in [0.25, 0.3) is 0 Å². The van der Waals surface area contributed by atoms with Crippen molar-refractivity contribution < 1.29 is 212 Å². The zero-order valence-corrected chi connectivity index (χ0v) is 46.3. The van der Waals surface area contributed by atoms with Crippen LogP contribution in [0.5, 0.6) is 0 Å². The maximum Gasteiger partial charge on any atom is 0.397 e. The van der Waals surface area contributed by atoms with Gasteiger partial charge in [0.1, 0.15) is 116 Å². The van der Waals surface area contributed by atoms with Gasteiger partial charge in [-0.2, -0.15) is 17.1 Å². The number of hydrogen-bond acceptors (Lipinski definition) is 49. The van der Waals surface area contributed by atoms with E-state index in [1.54, 1.807) is 0 Å². The highest BCUT2D eigenvalue weighted by atomic mass is 32.3. The third kappa shape index (κ3) is 20.8. The highest BCUT2D eigenvalue weighted by Gasteiger charge is 2.58. The molecule has 12 unspecified atom stereocenters. The molecule has 0 saturated carbocycles. The van der Waals surface area contributed by atoms with Gasteiger partial charge in [0.2, 0.25) is 20.8 Å². The lowest BCUT2D eigenvalue weighted by molar-refractivity contribution is -0.778. The smallest absolute Gasteiger partial charge is 0.397 e. The number of carboxylic acid groups (broad SMARTS) is 1. The van der Waals surface area contributed by atoms with E-state index in [2.05, 4.69) is 54.8 Å². The number of nitrogens with one attached hydrogen (secondary N) is 2.